The summed E-state index contributed by atoms with van der Waals surface area (Å²) in [6.07, 6.45) is 0. The highest BCUT2D eigenvalue weighted by Crippen LogP contribution is 2.42. The summed E-state index contributed by atoms with van der Waals surface area (Å²) in [6.45, 7) is 0. The van der Waals surface area contributed by atoms with Gasteiger partial charge in [0.2, 0.25) is 0 Å². The Kier molecular flexibility index (Phi) is 4.69. The summed E-state index contributed by atoms with van der Waals surface area (Å²) in [6, 6.07) is 49.0. The SMILES string of the molecule is c1ccc(-c2nc(-n3c4ccccc4c4c5ccc6ccc7ccccc7c6c5ccc43)c3oc4ccccc4c3n2)cc1. The third kappa shape index (κ3) is 3.17. The second kappa shape index (κ2) is 8.76. The molecule has 7 aromatic carbocycles. The summed E-state index contributed by atoms with van der Waals surface area (Å²) < 4.78 is 8.80. The maximum absolute atomic E-state index is 6.54. The molecular formula is C40H23N3O. The minimum absolute atomic E-state index is 0.670. The second-order valence-corrected chi connectivity index (χ2v) is 11.4. The molecule has 0 bridgehead atoms. The van der Waals surface area contributed by atoms with E-state index in [-0.39, 0.29) is 0 Å². The third-order valence-electron chi connectivity index (χ3n) is 8.98. The Morgan fingerprint density at radius 3 is 2.05 bits per heavy atom. The summed E-state index contributed by atoms with van der Waals surface area (Å²) in [5, 5.41) is 10.9. The first-order valence-corrected chi connectivity index (χ1v) is 14.8. The number of hydrogen-bond donors (Lipinski definition) is 0. The zero-order valence-corrected chi connectivity index (χ0v) is 23.5. The van der Waals surface area contributed by atoms with Crippen LogP contribution in [0, 0.1) is 0 Å². The Morgan fingerprint density at radius 1 is 0.455 bits per heavy atom. The molecule has 4 nitrogen and oxygen atoms in total. The fraction of sp³-hybridized carbons (Fsp3) is 0. The average Bonchev–Trinajstić information content (AvgIpc) is 3.64. The van der Waals surface area contributed by atoms with Crippen molar-refractivity contribution in [1.82, 2.24) is 14.5 Å². The van der Waals surface area contributed by atoms with Crippen molar-refractivity contribution < 1.29 is 4.42 Å². The van der Waals surface area contributed by atoms with Crippen molar-refractivity contribution in [3.05, 3.63) is 140 Å². The fourth-order valence-corrected chi connectivity index (χ4v) is 7.05. The van der Waals surface area contributed by atoms with Crippen LogP contribution in [0.4, 0.5) is 0 Å². The summed E-state index contributed by atoms with van der Waals surface area (Å²) in [5.41, 5.74) is 5.41. The number of para-hydroxylation sites is 2. The molecule has 0 aliphatic heterocycles. The monoisotopic (exact) mass is 561 g/mol. The van der Waals surface area contributed by atoms with E-state index < -0.39 is 0 Å². The van der Waals surface area contributed by atoms with E-state index in [1.807, 2.05) is 36.4 Å². The molecule has 0 atom stereocenters. The molecule has 0 N–H and O–H groups in total. The molecular weight excluding hydrogens is 538 g/mol. The van der Waals surface area contributed by atoms with Gasteiger partial charge in [0.25, 0.3) is 0 Å². The van der Waals surface area contributed by atoms with Crippen LogP contribution in [0.2, 0.25) is 0 Å². The largest absolute Gasteiger partial charge is 0.450 e. The van der Waals surface area contributed by atoms with Crippen LogP contribution in [-0.4, -0.2) is 14.5 Å². The van der Waals surface area contributed by atoms with Gasteiger partial charge in [-0.25, -0.2) is 9.97 Å². The number of rotatable bonds is 2. The van der Waals surface area contributed by atoms with Crippen molar-refractivity contribution >= 4 is 76.2 Å². The number of fused-ring (bicyclic) bond motifs is 12. The Bertz CT molecular complexity index is 2770. The van der Waals surface area contributed by atoms with Crippen molar-refractivity contribution in [2.75, 3.05) is 0 Å². The predicted octanol–water partition coefficient (Wildman–Crippen LogP) is 10.6. The van der Waals surface area contributed by atoms with Gasteiger partial charge in [-0.05, 0) is 56.6 Å². The highest BCUT2D eigenvalue weighted by molar-refractivity contribution is 6.29. The first-order valence-electron chi connectivity index (χ1n) is 14.8. The van der Waals surface area contributed by atoms with Crippen molar-refractivity contribution in [2.45, 2.75) is 0 Å². The highest BCUT2D eigenvalue weighted by Gasteiger charge is 2.23. The minimum atomic E-state index is 0.670. The van der Waals surface area contributed by atoms with Crippen molar-refractivity contribution in [2.24, 2.45) is 0 Å². The molecule has 0 amide bonds. The number of nitrogens with zero attached hydrogens (tertiary/aromatic N) is 3. The molecule has 44 heavy (non-hydrogen) atoms. The van der Waals surface area contributed by atoms with Crippen LogP contribution >= 0.6 is 0 Å². The third-order valence-corrected chi connectivity index (χ3v) is 8.98. The normalized spacial score (nSPS) is 12.1. The summed E-state index contributed by atoms with van der Waals surface area (Å²) in [5.74, 6) is 1.41. The van der Waals surface area contributed by atoms with Gasteiger partial charge in [-0.3, -0.25) is 4.57 Å². The van der Waals surface area contributed by atoms with Crippen LogP contribution in [0.15, 0.2) is 144 Å². The van der Waals surface area contributed by atoms with E-state index in [9.17, 15) is 0 Å². The van der Waals surface area contributed by atoms with Gasteiger partial charge in [-0.1, -0.05) is 115 Å². The first-order chi connectivity index (χ1) is 21.8. The zero-order valence-electron chi connectivity index (χ0n) is 23.5. The maximum Gasteiger partial charge on any atom is 0.197 e. The molecule has 3 heterocycles. The van der Waals surface area contributed by atoms with Crippen LogP contribution in [0.5, 0.6) is 0 Å². The maximum atomic E-state index is 6.54. The van der Waals surface area contributed by atoms with E-state index in [4.69, 9.17) is 14.4 Å². The number of benzene rings is 7. The quantitative estimate of drug-likeness (QED) is 0.197. The second-order valence-electron chi connectivity index (χ2n) is 11.4. The summed E-state index contributed by atoms with van der Waals surface area (Å²) in [4.78, 5) is 10.3. The van der Waals surface area contributed by atoms with E-state index in [0.717, 1.165) is 38.9 Å². The van der Waals surface area contributed by atoms with E-state index in [1.54, 1.807) is 0 Å². The van der Waals surface area contributed by atoms with Crippen LogP contribution in [0.25, 0.3) is 93.4 Å². The summed E-state index contributed by atoms with van der Waals surface area (Å²) in [7, 11) is 0. The van der Waals surface area contributed by atoms with Gasteiger partial charge in [0.05, 0.1) is 11.0 Å². The van der Waals surface area contributed by atoms with E-state index in [2.05, 4.69) is 108 Å². The van der Waals surface area contributed by atoms with Crippen LogP contribution in [-0.2, 0) is 0 Å². The number of hydrogen-bond acceptors (Lipinski definition) is 3. The Balaban J connectivity index is 1.38. The topological polar surface area (TPSA) is 43.9 Å². The molecule has 4 heteroatoms. The molecule has 10 aromatic rings. The fourth-order valence-electron chi connectivity index (χ4n) is 7.05. The summed E-state index contributed by atoms with van der Waals surface area (Å²) >= 11 is 0. The van der Waals surface area contributed by atoms with Gasteiger partial charge in [-0.2, -0.15) is 0 Å². The van der Waals surface area contributed by atoms with Gasteiger partial charge in [0.1, 0.15) is 11.1 Å². The molecule has 204 valence electrons. The molecule has 0 saturated heterocycles. The van der Waals surface area contributed by atoms with Crippen molar-refractivity contribution in [1.29, 1.82) is 0 Å². The Labute approximate surface area is 251 Å². The van der Waals surface area contributed by atoms with E-state index in [1.165, 1.54) is 43.1 Å². The van der Waals surface area contributed by atoms with Crippen molar-refractivity contribution in [3.63, 3.8) is 0 Å². The Hall–Kier alpha value is -6.00. The van der Waals surface area contributed by atoms with Gasteiger partial charge < -0.3 is 4.42 Å². The van der Waals surface area contributed by atoms with Crippen LogP contribution in [0.1, 0.15) is 0 Å². The van der Waals surface area contributed by atoms with Gasteiger partial charge in [-0.15, -0.1) is 0 Å². The minimum Gasteiger partial charge on any atom is -0.450 e. The zero-order chi connectivity index (χ0) is 28.8. The molecule has 0 fully saturated rings. The molecule has 0 unspecified atom stereocenters. The standard InChI is InChI=1S/C40H23N3O/c1-2-11-26(12-3-1)39-41-37-31-15-7-9-17-34(31)44-38(37)40(42-39)43-32-16-8-6-14-30(32)36-29-21-20-25-19-18-24-10-4-5-13-27(24)35(25)28(29)22-23-33(36)43/h1-23H. The lowest BCUT2D eigenvalue weighted by atomic mass is 9.94. The van der Waals surface area contributed by atoms with Crippen molar-refractivity contribution in [3.8, 4) is 17.2 Å². The molecule has 0 aliphatic carbocycles. The lowest BCUT2D eigenvalue weighted by Gasteiger charge is -2.11. The molecule has 3 aromatic heterocycles. The molecule has 0 saturated carbocycles. The lowest BCUT2D eigenvalue weighted by Crippen LogP contribution is -2.01. The number of aromatic nitrogens is 3. The first kappa shape index (κ1) is 23.6. The smallest absolute Gasteiger partial charge is 0.197 e. The molecule has 0 aliphatic rings. The average molecular weight is 562 g/mol. The van der Waals surface area contributed by atoms with Crippen LogP contribution < -0.4 is 0 Å². The van der Waals surface area contributed by atoms with Crippen LogP contribution in [0.3, 0.4) is 0 Å². The van der Waals surface area contributed by atoms with Gasteiger partial charge in [0.15, 0.2) is 17.2 Å². The van der Waals surface area contributed by atoms with E-state index in [0.29, 0.717) is 11.4 Å². The van der Waals surface area contributed by atoms with E-state index >= 15 is 0 Å². The molecule has 10 rings (SSSR count). The molecule has 0 spiro atoms. The Morgan fingerprint density at radius 2 is 1.14 bits per heavy atom. The van der Waals surface area contributed by atoms with Gasteiger partial charge in [0, 0.05) is 21.7 Å². The molecule has 0 radical (unpaired) electrons. The number of furan rings is 1. The predicted molar refractivity (Wildman–Crippen MR) is 182 cm³/mol. The van der Waals surface area contributed by atoms with Gasteiger partial charge >= 0.3 is 0 Å². The lowest BCUT2D eigenvalue weighted by molar-refractivity contribution is 0.662. The highest BCUT2D eigenvalue weighted by atomic mass is 16.3.